The summed E-state index contributed by atoms with van der Waals surface area (Å²) in [7, 11) is 0. The van der Waals surface area contributed by atoms with E-state index in [1.165, 1.54) is 0 Å². The van der Waals surface area contributed by atoms with Gasteiger partial charge in [-0.15, -0.1) is 0 Å². The van der Waals surface area contributed by atoms with Gasteiger partial charge in [-0.3, -0.25) is 4.79 Å². The molecule has 1 atom stereocenters. The first kappa shape index (κ1) is 14.7. The van der Waals surface area contributed by atoms with Gasteiger partial charge in [0.25, 0.3) is 0 Å². The molecular formula is C13H21NO4. The maximum atomic E-state index is 11.4. The number of nitrogens with one attached hydrogen (secondary N) is 1. The van der Waals surface area contributed by atoms with E-state index in [-0.39, 0.29) is 19.1 Å². The van der Waals surface area contributed by atoms with Crippen LogP contribution in [0.15, 0.2) is 16.5 Å². The Kier molecular flexibility index (Phi) is 5.37. The lowest BCUT2D eigenvalue weighted by Crippen LogP contribution is -2.39. The molecule has 0 saturated heterocycles. The van der Waals surface area contributed by atoms with Crippen LogP contribution >= 0.6 is 0 Å². The maximum Gasteiger partial charge on any atom is 0.246 e. The van der Waals surface area contributed by atoms with E-state index < -0.39 is 5.60 Å². The summed E-state index contributed by atoms with van der Waals surface area (Å²) >= 11 is 0. The van der Waals surface area contributed by atoms with Crippen molar-refractivity contribution in [2.24, 2.45) is 0 Å². The number of hydrogen-bond donors (Lipinski definition) is 2. The number of carbonyl (C=O) groups excluding carboxylic acids is 1. The Hall–Kier alpha value is -1.33. The molecule has 0 aliphatic carbocycles. The highest BCUT2D eigenvalue weighted by atomic mass is 16.5. The van der Waals surface area contributed by atoms with Crippen LogP contribution in [-0.4, -0.2) is 30.8 Å². The first-order valence-electron chi connectivity index (χ1n) is 6.09. The van der Waals surface area contributed by atoms with Crippen molar-refractivity contribution >= 4 is 5.91 Å². The summed E-state index contributed by atoms with van der Waals surface area (Å²) in [5.41, 5.74) is -1.21. The van der Waals surface area contributed by atoms with Gasteiger partial charge in [0, 0.05) is 6.61 Å². The largest absolute Gasteiger partial charge is 0.463 e. The lowest BCUT2D eigenvalue weighted by molar-refractivity contribution is -0.127. The molecule has 0 aliphatic heterocycles. The van der Waals surface area contributed by atoms with E-state index in [9.17, 15) is 9.90 Å². The van der Waals surface area contributed by atoms with Crippen LogP contribution in [0.25, 0.3) is 0 Å². The molecule has 0 aliphatic rings. The molecule has 5 heteroatoms. The van der Waals surface area contributed by atoms with E-state index in [1.54, 1.807) is 26.0 Å². The van der Waals surface area contributed by atoms with Gasteiger partial charge in [-0.2, -0.15) is 0 Å². The summed E-state index contributed by atoms with van der Waals surface area (Å²) in [6.45, 7) is 6.04. The summed E-state index contributed by atoms with van der Waals surface area (Å²) in [4.78, 5) is 11.4. The minimum absolute atomic E-state index is 0.0150. The second-order valence-electron chi connectivity index (χ2n) is 4.51. The Balaban J connectivity index is 2.39. The molecule has 0 spiro atoms. The molecule has 1 unspecified atom stereocenters. The molecule has 18 heavy (non-hydrogen) atoms. The van der Waals surface area contributed by atoms with Crippen LogP contribution in [0.3, 0.4) is 0 Å². The molecule has 1 aromatic rings. The van der Waals surface area contributed by atoms with Crippen molar-refractivity contribution in [3.05, 3.63) is 23.7 Å². The van der Waals surface area contributed by atoms with E-state index >= 15 is 0 Å². The molecule has 0 bridgehead atoms. The lowest BCUT2D eigenvalue weighted by Gasteiger charge is -2.21. The maximum absolute atomic E-state index is 11.4. The SMILES string of the molecule is CCCOCC(=O)NCC(C)(O)c1ccc(C)o1. The Morgan fingerprint density at radius 3 is 2.83 bits per heavy atom. The number of aliphatic hydroxyl groups is 1. The van der Waals surface area contributed by atoms with E-state index in [0.717, 1.165) is 12.2 Å². The highest BCUT2D eigenvalue weighted by Gasteiger charge is 2.27. The van der Waals surface area contributed by atoms with Gasteiger partial charge in [-0.05, 0) is 32.4 Å². The van der Waals surface area contributed by atoms with Crippen LogP contribution in [0.1, 0.15) is 31.8 Å². The Labute approximate surface area is 107 Å². The van der Waals surface area contributed by atoms with Gasteiger partial charge in [0.1, 0.15) is 23.7 Å². The summed E-state index contributed by atoms with van der Waals surface area (Å²) < 4.78 is 10.4. The highest BCUT2D eigenvalue weighted by Crippen LogP contribution is 2.21. The molecule has 0 radical (unpaired) electrons. The molecule has 0 saturated carbocycles. The van der Waals surface area contributed by atoms with Gasteiger partial charge in [-0.25, -0.2) is 0 Å². The summed E-state index contributed by atoms with van der Waals surface area (Å²) in [5, 5.41) is 12.8. The fourth-order valence-electron chi connectivity index (χ4n) is 1.44. The number of ether oxygens (including phenoxy) is 1. The van der Waals surface area contributed by atoms with Crippen LogP contribution in [-0.2, 0) is 15.1 Å². The molecular weight excluding hydrogens is 234 g/mol. The van der Waals surface area contributed by atoms with Gasteiger partial charge < -0.3 is 19.6 Å². The van der Waals surface area contributed by atoms with Crippen molar-refractivity contribution in [1.29, 1.82) is 0 Å². The zero-order valence-corrected chi connectivity index (χ0v) is 11.2. The van der Waals surface area contributed by atoms with Crippen molar-refractivity contribution in [3.8, 4) is 0 Å². The molecule has 1 aromatic heterocycles. The number of aryl methyl sites for hydroxylation is 1. The average molecular weight is 255 g/mol. The third-order valence-corrected chi connectivity index (χ3v) is 2.48. The molecule has 2 N–H and O–H groups in total. The first-order valence-corrected chi connectivity index (χ1v) is 6.09. The van der Waals surface area contributed by atoms with Gasteiger partial charge in [0.2, 0.25) is 5.91 Å². The second-order valence-corrected chi connectivity index (χ2v) is 4.51. The number of carbonyl (C=O) groups is 1. The van der Waals surface area contributed by atoms with E-state index in [2.05, 4.69) is 5.32 Å². The van der Waals surface area contributed by atoms with Gasteiger partial charge >= 0.3 is 0 Å². The topological polar surface area (TPSA) is 71.7 Å². The van der Waals surface area contributed by atoms with Gasteiger partial charge in [-0.1, -0.05) is 6.92 Å². The standard InChI is InChI=1S/C13H21NO4/c1-4-7-17-8-12(15)14-9-13(3,16)11-6-5-10(2)18-11/h5-6,16H,4,7-9H2,1-3H3,(H,14,15). The number of hydrogen-bond acceptors (Lipinski definition) is 4. The normalized spacial score (nSPS) is 14.2. The fraction of sp³-hybridized carbons (Fsp3) is 0.615. The monoisotopic (exact) mass is 255 g/mol. The second kappa shape index (κ2) is 6.56. The van der Waals surface area contributed by atoms with Crippen LogP contribution < -0.4 is 5.32 Å². The predicted molar refractivity (Wildman–Crippen MR) is 67.1 cm³/mol. The molecule has 1 rings (SSSR count). The van der Waals surface area contributed by atoms with E-state index in [0.29, 0.717) is 12.4 Å². The van der Waals surface area contributed by atoms with E-state index in [1.807, 2.05) is 6.92 Å². The quantitative estimate of drug-likeness (QED) is 0.721. The Morgan fingerprint density at radius 2 is 2.28 bits per heavy atom. The minimum atomic E-state index is -1.21. The third kappa shape index (κ3) is 4.50. The molecule has 5 nitrogen and oxygen atoms in total. The Bertz CT molecular complexity index is 384. The van der Waals surface area contributed by atoms with Gasteiger partial charge in [0.15, 0.2) is 0 Å². The van der Waals surface area contributed by atoms with Crippen LogP contribution in [0.5, 0.6) is 0 Å². The zero-order chi connectivity index (χ0) is 13.6. The highest BCUT2D eigenvalue weighted by molar-refractivity contribution is 5.77. The van der Waals surface area contributed by atoms with Crippen molar-refractivity contribution in [2.45, 2.75) is 32.8 Å². The molecule has 1 amide bonds. The summed E-state index contributed by atoms with van der Waals surface area (Å²) in [5.74, 6) is 0.921. The third-order valence-electron chi connectivity index (χ3n) is 2.48. The number of furan rings is 1. The molecule has 102 valence electrons. The summed E-state index contributed by atoms with van der Waals surface area (Å²) in [6.07, 6.45) is 0.872. The average Bonchev–Trinajstić information content (AvgIpc) is 2.75. The van der Waals surface area contributed by atoms with Crippen molar-refractivity contribution in [3.63, 3.8) is 0 Å². The Morgan fingerprint density at radius 1 is 1.56 bits per heavy atom. The minimum Gasteiger partial charge on any atom is -0.463 e. The molecule has 0 aromatic carbocycles. The number of amides is 1. The predicted octanol–water partition coefficient (Wildman–Crippen LogP) is 1.34. The molecule has 0 fully saturated rings. The fourth-order valence-corrected chi connectivity index (χ4v) is 1.44. The van der Waals surface area contributed by atoms with Crippen molar-refractivity contribution < 1.29 is 19.1 Å². The smallest absolute Gasteiger partial charge is 0.246 e. The first-order chi connectivity index (χ1) is 8.45. The summed E-state index contributed by atoms with van der Waals surface area (Å²) in [6, 6.07) is 3.48. The lowest BCUT2D eigenvalue weighted by atomic mass is 10.0. The van der Waals surface area contributed by atoms with Crippen LogP contribution in [0.2, 0.25) is 0 Å². The van der Waals surface area contributed by atoms with E-state index in [4.69, 9.17) is 9.15 Å². The van der Waals surface area contributed by atoms with Crippen molar-refractivity contribution in [1.82, 2.24) is 5.32 Å². The van der Waals surface area contributed by atoms with Crippen LogP contribution in [0, 0.1) is 6.92 Å². The zero-order valence-electron chi connectivity index (χ0n) is 11.2. The van der Waals surface area contributed by atoms with Crippen molar-refractivity contribution in [2.75, 3.05) is 19.8 Å². The molecule has 1 heterocycles. The van der Waals surface area contributed by atoms with Crippen LogP contribution in [0.4, 0.5) is 0 Å². The van der Waals surface area contributed by atoms with Gasteiger partial charge in [0.05, 0.1) is 6.54 Å². The number of rotatable bonds is 7.